The van der Waals surface area contributed by atoms with Gasteiger partial charge in [0.05, 0.1) is 6.61 Å². The molecule has 0 unspecified atom stereocenters. The average molecular weight is 183 g/mol. The molecule has 5 N–H and O–H groups in total. The molecule has 0 saturated carbocycles. The van der Waals surface area contributed by atoms with Crippen LogP contribution in [0.5, 0.6) is 0 Å². The van der Waals surface area contributed by atoms with Gasteiger partial charge in [0, 0.05) is 19.7 Å². The Bertz CT molecular complexity index is 270. The van der Waals surface area contributed by atoms with Crippen molar-refractivity contribution in [2.75, 3.05) is 36.6 Å². The van der Waals surface area contributed by atoms with Crippen LogP contribution in [-0.4, -0.2) is 35.3 Å². The van der Waals surface area contributed by atoms with Crippen molar-refractivity contribution >= 4 is 17.6 Å². The third-order valence-electron chi connectivity index (χ3n) is 1.58. The number of nitrogens with two attached hydrogens (primary N) is 2. The maximum atomic E-state index is 8.69. The molecule has 0 aliphatic carbocycles. The van der Waals surface area contributed by atoms with Crippen molar-refractivity contribution in [2.24, 2.45) is 0 Å². The zero-order valence-corrected chi connectivity index (χ0v) is 7.44. The van der Waals surface area contributed by atoms with Crippen LogP contribution in [0, 0.1) is 0 Å². The lowest BCUT2D eigenvalue weighted by Crippen LogP contribution is -2.23. The zero-order chi connectivity index (χ0) is 9.84. The second kappa shape index (κ2) is 3.90. The predicted octanol–water partition coefficient (Wildman–Crippen LogP) is -0.930. The zero-order valence-electron chi connectivity index (χ0n) is 7.44. The predicted molar refractivity (Wildman–Crippen MR) is 51.2 cm³/mol. The Morgan fingerprint density at radius 1 is 1.46 bits per heavy atom. The van der Waals surface area contributed by atoms with Crippen molar-refractivity contribution in [2.45, 2.75) is 0 Å². The summed E-state index contributed by atoms with van der Waals surface area (Å²) in [6, 6.07) is 1.60. The van der Waals surface area contributed by atoms with E-state index >= 15 is 0 Å². The van der Waals surface area contributed by atoms with Gasteiger partial charge in [-0.25, -0.2) is 0 Å². The lowest BCUT2D eigenvalue weighted by atomic mass is 10.4. The van der Waals surface area contributed by atoms with Gasteiger partial charge in [0.25, 0.3) is 0 Å². The van der Waals surface area contributed by atoms with Gasteiger partial charge in [-0.1, -0.05) is 0 Å². The van der Waals surface area contributed by atoms with Crippen LogP contribution in [0.25, 0.3) is 0 Å². The highest BCUT2D eigenvalue weighted by molar-refractivity contribution is 5.49. The number of aliphatic hydroxyl groups excluding tert-OH is 1. The molecule has 1 rings (SSSR count). The van der Waals surface area contributed by atoms with Gasteiger partial charge in [-0.2, -0.15) is 9.97 Å². The standard InChI is InChI=1S/C7H13N5O/c1-12(2-3-13)6-4-5(8)10-7(9)11-6/h4,13H,2-3H2,1H3,(H4,8,9,10,11). The van der Waals surface area contributed by atoms with E-state index in [4.69, 9.17) is 16.6 Å². The van der Waals surface area contributed by atoms with Crippen molar-refractivity contribution in [3.63, 3.8) is 0 Å². The monoisotopic (exact) mass is 183 g/mol. The van der Waals surface area contributed by atoms with Crippen LogP contribution in [0.4, 0.5) is 17.6 Å². The molecular formula is C7H13N5O. The van der Waals surface area contributed by atoms with E-state index in [9.17, 15) is 0 Å². The van der Waals surface area contributed by atoms with Gasteiger partial charge in [0.2, 0.25) is 5.95 Å². The number of aromatic nitrogens is 2. The Morgan fingerprint density at radius 3 is 2.69 bits per heavy atom. The topological polar surface area (TPSA) is 101 Å². The van der Waals surface area contributed by atoms with Gasteiger partial charge in [0.1, 0.15) is 11.6 Å². The fraction of sp³-hybridized carbons (Fsp3) is 0.429. The fourth-order valence-electron chi connectivity index (χ4n) is 0.932. The molecule has 0 spiro atoms. The Hall–Kier alpha value is -1.56. The maximum Gasteiger partial charge on any atom is 0.223 e. The van der Waals surface area contributed by atoms with Crippen molar-refractivity contribution < 1.29 is 5.11 Å². The molecule has 0 aromatic carbocycles. The summed E-state index contributed by atoms with van der Waals surface area (Å²) in [5.74, 6) is 1.08. The van der Waals surface area contributed by atoms with Crippen LogP contribution in [0.15, 0.2) is 6.07 Å². The van der Waals surface area contributed by atoms with Crippen LogP contribution < -0.4 is 16.4 Å². The molecule has 0 aliphatic heterocycles. The quantitative estimate of drug-likeness (QED) is 0.559. The number of hydrogen-bond donors (Lipinski definition) is 3. The summed E-state index contributed by atoms with van der Waals surface area (Å²) < 4.78 is 0. The maximum absolute atomic E-state index is 8.69. The number of anilines is 3. The molecule has 72 valence electrons. The minimum absolute atomic E-state index is 0.0559. The summed E-state index contributed by atoms with van der Waals surface area (Å²) >= 11 is 0. The first-order valence-electron chi connectivity index (χ1n) is 3.85. The number of nitrogens with zero attached hydrogens (tertiary/aromatic N) is 3. The van der Waals surface area contributed by atoms with Gasteiger partial charge in [-0.15, -0.1) is 0 Å². The van der Waals surface area contributed by atoms with E-state index in [2.05, 4.69) is 9.97 Å². The fourth-order valence-corrected chi connectivity index (χ4v) is 0.932. The Kier molecular flexibility index (Phi) is 2.86. The highest BCUT2D eigenvalue weighted by Crippen LogP contribution is 2.12. The van der Waals surface area contributed by atoms with Crippen LogP contribution in [-0.2, 0) is 0 Å². The summed E-state index contributed by atoms with van der Waals surface area (Å²) in [6.45, 7) is 0.538. The molecule has 0 radical (unpaired) electrons. The normalized spacial score (nSPS) is 10.0. The molecule has 0 atom stereocenters. The molecule has 6 nitrogen and oxygen atoms in total. The smallest absolute Gasteiger partial charge is 0.223 e. The van der Waals surface area contributed by atoms with Crippen molar-refractivity contribution in [3.05, 3.63) is 6.07 Å². The van der Waals surface area contributed by atoms with Gasteiger partial charge in [0.15, 0.2) is 0 Å². The SMILES string of the molecule is CN(CCO)c1cc(N)nc(N)n1. The molecule has 1 heterocycles. The summed E-state index contributed by atoms with van der Waals surface area (Å²) in [7, 11) is 1.79. The Morgan fingerprint density at radius 2 is 2.15 bits per heavy atom. The Balaban J connectivity index is 2.87. The highest BCUT2D eigenvalue weighted by atomic mass is 16.3. The number of nitrogen functional groups attached to an aromatic ring is 2. The Labute approximate surface area is 76.2 Å². The number of rotatable bonds is 3. The minimum atomic E-state index is 0.0559. The highest BCUT2D eigenvalue weighted by Gasteiger charge is 2.04. The van der Waals surface area contributed by atoms with Crippen LogP contribution >= 0.6 is 0 Å². The van der Waals surface area contributed by atoms with Gasteiger partial charge in [-0.3, -0.25) is 0 Å². The van der Waals surface area contributed by atoms with Crippen molar-refractivity contribution in [3.8, 4) is 0 Å². The molecule has 0 saturated heterocycles. The van der Waals surface area contributed by atoms with Gasteiger partial charge < -0.3 is 21.5 Å². The number of hydrogen-bond acceptors (Lipinski definition) is 6. The summed E-state index contributed by atoms with van der Waals surface area (Å²) in [4.78, 5) is 9.43. The largest absolute Gasteiger partial charge is 0.395 e. The van der Waals surface area contributed by atoms with Gasteiger partial charge in [-0.05, 0) is 0 Å². The van der Waals surface area contributed by atoms with E-state index in [1.54, 1.807) is 18.0 Å². The van der Waals surface area contributed by atoms with E-state index in [-0.39, 0.29) is 12.6 Å². The first-order valence-corrected chi connectivity index (χ1v) is 3.85. The molecule has 1 aromatic heterocycles. The summed E-state index contributed by atoms with van der Waals surface area (Å²) in [5.41, 5.74) is 10.9. The van der Waals surface area contributed by atoms with E-state index in [0.29, 0.717) is 18.2 Å². The molecule has 0 fully saturated rings. The number of likely N-dealkylation sites (N-methyl/N-ethyl adjacent to an activating group) is 1. The van der Waals surface area contributed by atoms with Crippen LogP contribution in [0.2, 0.25) is 0 Å². The van der Waals surface area contributed by atoms with E-state index in [1.165, 1.54) is 0 Å². The minimum Gasteiger partial charge on any atom is -0.395 e. The molecular weight excluding hydrogens is 170 g/mol. The van der Waals surface area contributed by atoms with Crippen LogP contribution in [0.1, 0.15) is 0 Å². The van der Waals surface area contributed by atoms with Crippen molar-refractivity contribution in [1.82, 2.24) is 9.97 Å². The van der Waals surface area contributed by atoms with E-state index in [0.717, 1.165) is 0 Å². The molecule has 13 heavy (non-hydrogen) atoms. The summed E-state index contributed by atoms with van der Waals surface area (Å²) in [5, 5.41) is 8.69. The second-order valence-electron chi connectivity index (χ2n) is 2.65. The lowest BCUT2D eigenvalue weighted by molar-refractivity contribution is 0.304. The summed E-state index contributed by atoms with van der Waals surface area (Å²) in [6.07, 6.45) is 0. The second-order valence-corrected chi connectivity index (χ2v) is 2.65. The third kappa shape index (κ3) is 2.45. The van der Waals surface area contributed by atoms with E-state index in [1.807, 2.05) is 0 Å². The van der Waals surface area contributed by atoms with Crippen LogP contribution in [0.3, 0.4) is 0 Å². The van der Waals surface area contributed by atoms with E-state index < -0.39 is 0 Å². The molecule has 0 aliphatic rings. The number of aliphatic hydroxyl groups is 1. The first kappa shape index (κ1) is 9.53. The molecule has 0 bridgehead atoms. The third-order valence-corrected chi connectivity index (χ3v) is 1.58. The molecule has 6 heteroatoms. The first-order chi connectivity index (χ1) is 6.13. The van der Waals surface area contributed by atoms with Gasteiger partial charge >= 0.3 is 0 Å². The lowest BCUT2D eigenvalue weighted by Gasteiger charge is -2.16. The molecule has 1 aromatic rings. The molecule has 0 amide bonds. The average Bonchev–Trinajstić information content (AvgIpc) is 2.03. The van der Waals surface area contributed by atoms with Crippen molar-refractivity contribution in [1.29, 1.82) is 0 Å².